The van der Waals surface area contributed by atoms with E-state index >= 15 is 0 Å². The molecule has 18 nitrogen and oxygen atoms in total. The van der Waals surface area contributed by atoms with Crippen LogP contribution in [0.4, 0.5) is 47.3 Å². The number of urea groups is 2. The van der Waals surface area contributed by atoms with Gasteiger partial charge in [-0.05, 0) is 176 Å². The number of anilines is 2. The Morgan fingerprint density at radius 1 is 0.663 bits per heavy atom. The van der Waals surface area contributed by atoms with Crippen LogP contribution in [0.5, 0.6) is 11.5 Å². The van der Waals surface area contributed by atoms with Crippen LogP contribution >= 0.6 is 35.1 Å². The normalized spacial score (nSPS) is 18.6. The summed E-state index contributed by atoms with van der Waals surface area (Å²) in [5.41, 5.74) is 10.1. The van der Waals surface area contributed by atoms with Gasteiger partial charge in [-0.1, -0.05) is 84.5 Å². The second-order valence-corrected chi connectivity index (χ2v) is 23.9. The average molecular weight is 1270 g/mol. The van der Waals surface area contributed by atoms with Crippen molar-refractivity contribution in [3.05, 3.63) is 177 Å². The zero-order valence-corrected chi connectivity index (χ0v) is 49.8. The molecule has 2 N–H and O–H groups in total. The molecular weight excluding hydrogens is 1220 g/mol. The predicted molar refractivity (Wildman–Crippen MR) is 325 cm³/mol. The van der Waals surface area contributed by atoms with Crippen LogP contribution in [0.25, 0.3) is 34.2 Å². The molecule has 4 aliphatic rings. The molecule has 456 valence electrons. The highest BCUT2D eigenvalue weighted by Gasteiger charge is 2.44. The molecule has 0 bridgehead atoms. The Hall–Kier alpha value is -9.01. The molecule has 6 amide bonds. The average Bonchev–Trinajstić information content (AvgIpc) is 2.10. The maximum absolute atomic E-state index is 15.0. The molecule has 2 aliphatic carbocycles. The quantitative estimate of drug-likeness (QED) is 0.110. The van der Waals surface area contributed by atoms with Crippen LogP contribution in [-0.2, 0) is 41.7 Å². The summed E-state index contributed by atoms with van der Waals surface area (Å²) in [5, 5.41) is 14.8. The minimum absolute atomic E-state index is 0.0182. The van der Waals surface area contributed by atoms with E-state index in [0.29, 0.717) is 90.5 Å². The number of nitrogens with one attached hydrogen (secondary N) is 2. The van der Waals surface area contributed by atoms with Crippen LogP contribution in [0.1, 0.15) is 69.5 Å². The first-order chi connectivity index (χ1) is 42.6. The number of thioether (sulfide) groups is 2. The Labute approximate surface area is 517 Å². The number of carbonyl (C=O) groups is 4. The Morgan fingerprint density at radius 2 is 1.19 bits per heavy atom. The monoisotopic (exact) mass is 1270 g/mol. The van der Waals surface area contributed by atoms with Crippen molar-refractivity contribution in [1.82, 2.24) is 40.2 Å². The number of amidine groups is 2. The van der Waals surface area contributed by atoms with Gasteiger partial charge in [-0.3, -0.25) is 19.4 Å². The van der Waals surface area contributed by atoms with Gasteiger partial charge in [0.1, 0.15) is 29.4 Å². The predicted octanol–water partition coefficient (Wildman–Crippen LogP) is 13.0. The molecule has 2 saturated heterocycles. The van der Waals surface area contributed by atoms with E-state index in [2.05, 4.69) is 50.3 Å². The summed E-state index contributed by atoms with van der Waals surface area (Å²) in [5.74, 6) is -0.576. The van der Waals surface area contributed by atoms with Crippen LogP contribution < -0.4 is 29.9 Å². The number of fused-ring (bicyclic) bond motifs is 2. The van der Waals surface area contributed by atoms with Gasteiger partial charge >= 0.3 is 24.8 Å². The van der Waals surface area contributed by atoms with Gasteiger partial charge < -0.3 is 20.1 Å². The molecule has 3 unspecified atom stereocenters. The van der Waals surface area contributed by atoms with Gasteiger partial charge in [-0.25, -0.2) is 28.9 Å². The van der Waals surface area contributed by atoms with E-state index in [-0.39, 0.29) is 50.6 Å². The molecule has 89 heavy (non-hydrogen) atoms. The van der Waals surface area contributed by atoms with Crippen LogP contribution in [-0.4, -0.2) is 94.3 Å². The molecule has 12 rings (SSSR count). The SMILES string of the molecule is CCc1ccc(C2S/C(=N\C(=O)NC3CCc4cc(-c5ncn(-c6ccc(OC(F)(F)F)cc6)n5)ccc4C3)N(c3cc(C)ccc3Cl)C2=O)c(C)c1N1C(=O)CS/C1=N\C(=O)NC1CCc2cc(-c3ncn(-c4ccc(OC(F)(F)F)cc4)n3)ccc2C1. The van der Waals surface area contributed by atoms with Gasteiger partial charge in [0.15, 0.2) is 22.0 Å². The number of aliphatic imine (C=N–C) groups is 2. The molecule has 27 heteroatoms. The molecule has 8 aromatic rings. The zero-order chi connectivity index (χ0) is 62.5. The largest absolute Gasteiger partial charge is 0.573 e. The van der Waals surface area contributed by atoms with Crippen LogP contribution in [0.2, 0.25) is 5.02 Å². The fourth-order valence-corrected chi connectivity index (χ4v) is 13.6. The van der Waals surface area contributed by atoms with Crippen molar-refractivity contribution in [3.63, 3.8) is 0 Å². The van der Waals surface area contributed by atoms with Crippen LogP contribution in [0.15, 0.2) is 138 Å². The van der Waals surface area contributed by atoms with E-state index < -0.39 is 35.9 Å². The van der Waals surface area contributed by atoms with Crippen molar-refractivity contribution >= 4 is 80.7 Å². The van der Waals surface area contributed by atoms with Gasteiger partial charge in [-0.15, -0.1) is 36.5 Å². The number of rotatable bonds is 12. The number of amides is 6. The first-order valence-electron chi connectivity index (χ1n) is 28.0. The van der Waals surface area contributed by atoms with E-state index in [4.69, 9.17) is 11.6 Å². The van der Waals surface area contributed by atoms with E-state index in [1.165, 1.54) is 80.3 Å². The number of aromatic nitrogens is 6. The molecular formula is C62H51ClF6N12O6S2. The zero-order valence-electron chi connectivity index (χ0n) is 47.4. The molecule has 0 radical (unpaired) electrons. The minimum Gasteiger partial charge on any atom is -0.406 e. The summed E-state index contributed by atoms with van der Waals surface area (Å²) in [4.78, 5) is 77.6. The molecule has 2 fully saturated rings. The number of halogens is 7. The molecule has 0 spiro atoms. The van der Waals surface area contributed by atoms with Crippen LogP contribution in [0.3, 0.4) is 0 Å². The fourth-order valence-electron chi connectivity index (χ4n) is 11.3. The lowest BCUT2D eigenvalue weighted by Crippen LogP contribution is -2.39. The van der Waals surface area contributed by atoms with E-state index in [0.717, 1.165) is 68.0 Å². The summed E-state index contributed by atoms with van der Waals surface area (Å²) in [7, 11) is 0. The maximum Gasteiger partial charge on any atom is 0.573 e. The number of ether oxygens (including phenoxy) is 2. The van der Waals surface area contributed by atoms with Gasteiger partial charge in [-0.2, -0.15) is 9.98 Å². The second kappa shape index (κ2) is 24.5. The Bertz CT molecular complexity index is 4180. The van der Waals surface area contributed by atoms with E-state index in [1.807, 2.05) is 75.4 Å². The number of benzene rings is 6. The lowest BCUT2D eigenvalue weighted by Gasteiger charge is -2.26. The Morgan fingerprint density at radius 3 is 1.71 bits per heavy atom. The highest BCUT2D eigenvalue weighted by molar-refractivity contribution is 8.16. The van der Waals surface area contributed by atoms with E-state index in [1.54, 1.807) is 12.1 Å². The number of carbonyl (C=O) groups excluding carboxylic acids is 4. The highest BCUT2D eigenvalue weighted by Crippen LogP contribution is 2.47. The van der Waals surface area contributed by atoms with E-state index in [9.17, 15) is 45.5 Å². The third kappa shape index (κ3) is 13.2. The second-order valence-electron chi connectivity index (χ2n) is 21.4. The highest BCUT2D eigenvalue weighted by atomic mass is 35.5. The van der Waals surface area contributed by atoms with Gasteiger partial charge in [0.05, 0.1) is 33.5 Å². The summed E-state index contributed by atoms with van der Waals surface area (Å²) in [6.07, 6.45) is -2.80. The maximum atomic E-state index is 15.0. The Kier molecular flexibility index (Phi) is 16.6. The summed E-state index contributed by atoms with van der Waals surface area (Å²) in [6.45, 7) is 5.62. The number of nitrogens with zero attached hydrogens (tertiary/aromatic N) is 10. The molecule has 2 aromatic heterocycles. The van der Waals surface area contributed by atoms with Crippen molar-refractivity contribution in [2.45, 2.75) is 95.8 Å². The first-order valence-corrected chi connectivity index (χ1v) is 30.3. The number of hydrogen-bond donors (Lipinski definition) is 2. The first kappa shape index (κ1) is 60.3. The van der Waals surface area contributed by atoms with Crippen molar-refractivity contribution in [1.29, 1.82) is 0 Å². The standard InChI is InChI=1S/C62H51ClF6N12O6S2/c1-4-35-12-23-48(34(3)52(35)81-51(82)30-88-59(81)74-57(84)72-42-13-10-36-26-40(8-6-38(36)28-42)54-70-31-78(76-54)44-15-19-46(20-16-44)86-61(64,65)66)53-56(83)80(50-25-33(2)5-24-49(50)63)60(89-53)75-58(85)73-43-14-11-37-27-41(9-7-39(37)29-43)55-71-32-79(77-55)45-17-21-47(22-18-45)87-62(67,68)69/h5-9,12,15-27,31-32,42-43,53H,4,10-11,13-14,28-30H2,1-3H3,(H,72,84)(H,73,85)/b74-59-,75-60-. The third-order valence-corrected chi connectivity index (χ3v) is 17.9. The lowest BCUT2D eigenvalue weighted by atomic mass is 9.87. The number of alkyl halides is 6. The Balaban J connectivity index is 0.726. The summed E-state index contributed by atoms with van der Waals surface area (Å²) < 4.78 is 87.0. The number of hydrogen-bond acceptors (Lipinski definition) is 12. The molecule has 4 heterocycles. The van der Waals surface area contributed by atoms with Crippen molar-refractivity contribution in [2.75, 3.05) is 15.6 Å². The molecule has 2 aliphatic heterocycles. The van der Waals surface area contributed by atoms with Gasteiger partial charge in [0.25, 0.3) is 5.91 Å². The van der Waals surface area contributed by atoms with Crippen LogP contribution in [0, 0.1) is 13.8 Å². The molecule has 0 saturated carbocycles. The fraction of sp³-hybridized carbons (Fsp3) is 0.258. The van der Waals surface area contributed by atoms with Gasteiger partial charge in [0, 0.05) is 23.2 Å². The van der Waals surface area contributed by atoms with Crippen molar-refractivity contribution in [2.24, 2.45) is 9.98 Å². The lowest BCUT2D eigenvalue weighted by molar-refractivity contribution is -0.275. The molecule has 6 aromatic carbocycles. The van der Waals surface area contributed by atoms with Crippen molar-refractivity contribution in [3.8, 4) is 45.6 Å². The summed E-state index contributed by atoms with van der Waals surface area (Å²) in [6, 6.07) is 29.2. The topological polar surface area (TPSA) is 203 Å². The smallest absolute Gasteiger partial charge is 0.406 e. The molecule has 3 atom stereocenters. The minimum atomic E-state index is -4.81. The van der Waals surface area contributed by atoms with Gasteiger partial charge in [0.2, 0.25) is 5.91 Å². The summed E-state index contributed by atoms with van der Waals surface area (Å²) >= 11 is 9.04. The van der Waals surface area contributed by atoms with Crippen molar-refractivity contribution < 1.29 is 55.0 Å². The number of aryl methyl sites for hydroxylation is 4. The third-order valence-electron chi connectivity index (χ3n) is 15.5.